The maximum Gasteiger partial charge on any atom is 0.349 e. The normalized spacial score (nSPS) is 21.2. The molecule has 0 spiro atoms. The summed E-state index contributed by atoms with van der Waals surface area (Å²) in [6.45, 7) is 3.17. The monoisotopic (exact) mass is 404 g/mol. The number of esters is 1. The lowest BCUT2D eigenvalue weighted by molar-refractivity contribution is 0.0602. The minimum absolute atomic E-state index is 0. The first-order valence-electron chi connectivity index (χ1n) is 7.62. The first-order chi connectivity index (χ1) is 11.3. The standard InChI is InChI=1S/C16H20N2O4S2.ClH/c1-16(9-17)7-8-18(10-16)24(20,21)14-11-5-3-4-6-12(11)23-13(14)15(19)22-2;/h3-6H,7-10,17H2,1-2H3;1H. The smallest absolute Gasteiger partial charge is 0.349 e. The Hall–Kier alpha value is -1.19. The second-order valence-electron chi connectivity index (χ2n) is 6.35. The first-order valence-corrected chi connectivity index (χ1v) is 9.88. The predicted octanol–water partition coefficient (Wildman–Crippen LogP) is 2.47. The topological polar surface area (TPSA) is 89.7 Å². The van der Waals surface area contributed by atoms with Gasteiger partial charge in [0, 0.05) is 23.2 Å². The number of methoxy groups -OCH3 is 1. The molecule has 6 nitrogen and oxygen atoms in total. The number of rotatable bonds is 4. The Morgan fingerprint density at radius 1 is 1.40 bits per heavy atom. The number of fused-ring (bicyclic) bond motifs is 1. The number of carbonyl (C=O) groups is 1. The van der Waals surface area contributed by atoms with E-state index in [2.05, 4.69) is 0 Å². The average Bonchev–Trinajstić information content (AvgIpc) is 3.16. The molecule has 2 aromatic rings. The van der Waals surface area contributed by atoms with Crippen LogP contribution in [0.25, 0.3) is 10.1 Å². The predicted molar refractivity (Wildman–Crippen MR) is 101 cm³/mol. The molecule has 25 heavy (non-hydrogen) atoms. The van der Waals surface area contributed by atoms with Crippen molar-refractivity contribution < 1.29 is 17.9 Å². The van der Waals surface area contributed by atoms with Crippen LogP contribution in [0.5, 0.6) is 0 Å². The molecular weight excluding hydrogens is 384 g/mol. The molecule has 0 aliphatic carbocycles. The maximum absolute atomic E-state index is 13.2. The summed E-state index contributed by atoms with van der Waals surface area (Å²) in [5.41, 5.74) is 5.56. The Morgan fingerprint density at radius 2 is 2.08 bits per heavy atom. The summed E-state index contributed by atoms with van der Waals surface area (Å²) >= 11 is 1.14. The van der Waals surface area contributed by atoms with E-state index in [1.54, 1.807) is 18.2 Å². The Kier molecular flexibility index (Phi) is 5.80. The molecule has 2 heterocycles. The second kappa shape index (κ2) is 7.20. The van der Waals surface area contributed by atoms with E-state index in [0.29, 0.717) is 31.4 Å². The number of thiophene rings is 1. The van der Waals surface area contributed by atoms with Gasteiger partial charge in [-0.1, -0.05) is 25.1 Å². The summed E-state index contributed by atoms with van der Waals surface area (Å²) in [6, 6.07) is 7.11. The third kappa shape index (κ3) is 3.41. The Labute approximate surface area is 157 Å². The summed E-state index contributed by atoms with van der Waals surface area (Å²) < 4.78 is 33.5. The second-order valence-corrected chi connectivity index (χ2v) is 9.28. The molecule has 2 N–H and O–H groups in total. The van der Waals surface area contributed by atoms with Crippen LogP contribution < -0.4 is 5.73 Å². The van der Waals surface area contributed by atoms with E-state index < -0.39 is 16.0 Å². The Morgan fingerprint density at radius 3 is 2.68 bits per heavy atom. The van der Waals surface area contributed by atoms with Crippen molar-refractivity contribution in [2.45, 2.75) is 18.2 Å². The van der Waals surface area contributed by atoms with E-state index >= 15 is 0 Å². The highest BCUT2D eigenvalue weighted by Crippen LogP contribution is 2.39. The van der Waals surface area contributed by atoms with Crippen LogP contribution in [0.4, 0.5) is 0 Å². The minimum atomic E-state index is -3.80. The fourth-order valence-electron chi connectivity index (χ4n) is 2.98. The summed E-state index contributed by atoms with van der Waals surface area (Å²) in [5, 5.41) is 0.559. The molecule has 0 bridgehead atoms. The maximum atomic E-state index is 13.2. The van der Waals surface area contributed by atoms with Crippen LogP contribution in [-0.2, 0) is 14.8 Å². The van der Waals surface area contributed by atoms with Gasteiger partial charge in [0.1, 0.15) is 9.77 Å². The van der Waals surface area contributed by atoms with Gasteiger partial charge >= 0.3 is 5.97 Å². The Balaban J connectivity index is 0.00000225. The van der Waals surface area contributed by atoms with Gasteiger partial charge in [0.15, 0.2) is 0 Å². The van der Waals surface area contributed by atoms with Crippen molar-refractivity contribution in [3.63, 3.8) is 0 Å². The molecular formula is C16H21ClN2O4S2. The lowest BCUT2D eigenvalue weighted by Crippen LogP contribution is -2.35. The number of hydrogen-bond donors (Lipinski definition) is 1. The molecule has 1 unspecified atom stereocenters. The molecule has 9 heteroatoms. The van der Waals surface area contributed by atoms with Crippen LogP contribution >= 0.6 is 23.7 Å². The van der Waals surface area contributed by atoms with Crippen molar-refractivity contribution in [3.05, 3.63) is 29.1 Å². The molecule has 3 rings (SSSR count). The molecule has 0 amide bonds. The number of ether oxygens (including phenoxy) is 1. The van der Waals surface area contributed by atoms with Crippen LogP contribution in [0.2, 0.25) is 0 Å². The van der Waals surface area contributed by atoms with Crippen molar-refractivity contribution in [2.75, 3.05) is 26.7 Å². The molecule has 1 fully saturated rings. The lowest BCUT2D eigenvalue weighted by Gasteiger charge is -2.22. The third-order valence-corrected chi connectivity index (χ3v) is 7.75. The first kappa shape index (κ1) is 20.1. The van der Waals surface area contributed by atoms with Gasteiger partial charge in [-0.15, -0.1) is 23.7 Å². The molecule has 1 saturated heterocycles. The molecule has 1 atom stereocenters. The quantitative estimate of drug-likeness (QED) is 0.790. The zero-order valence-electron chi connectivity index (χ0n) is 14.0. The highest BCUT2D eigenvalue weighted by molar-refractivity contribution is 7.89. The van der Waals surface area contributed by atoms with Crippen LogP contribution in [0.1, 0.15) is 23.0 Å². The van der Waals surface area contributed by atoms with Crippen LogP contribution in [0.3, 0.4) is 0 Å². The van der Waals surface area contributed by atoms with Crippen molar-refractivity contribution in [3.8, 4) is 0 Å². The lowest BCUT2D eigenvalue weighted by atomic mass is 9.90. The van der Waals surface area contributed by atoms with E-state index in [9.17, 15) is 13.2 Å². The number of benzene rings is 1. The van der Waals surface area contributed by atoms with Crippen LogP contribution in [-0.4, -0.2) is 45.4 Å². The summed E-state index contributed by atoms with van der Waals surface area (Å²) in [5.74, 6) is -0.629. The molecule has 1 aliphatic rings. The van der Waals surface area contributed by atoms with Crippen molar-refractivity contribution >= 4 is 49.8 Å². The number of halogens is 1. The zero-order valence-corrected chi connectivity index (χ0v) is 16.5. The number of nitrogens with zero attached hydrogens (tertiary/aromatic N) is 1. The molecule has 0 saturated carbocycles. The van der Waals surface area contributed by atoms with Gasteiger partial charge < -0.3 is 10.5 Å². The third-order valence-electron chi connectivity index (χ3n) is 4.53. The van der Waals surface area contributed by atoms with Gasteiger partial charge in [-0.25, -0.2) is 13.2 Å². The summed E-state index contributed by atoms with van der Waals surface area (Å²) in [7, 11) is -2.55. The molecule has 1 aliphatic heterocycles. The van der Waals surface area contributed by atoms with Gasteiger partial charge in [-0.3, -0.25) is 0 Å². The molecule has 1 aromatic heterocycles. The van der Waals surface area contributed by atoms with E-state index in [4.69, 9.17) is 10.5 Å². The van der Waals surface area contributed by atoms with Gasteiger partial charge in [-0.05, 0) is 24.4 Å². The fraction of sp³-hybridized carbons (Fsp3) is 0.438. The van der Waals surface area contributed by atoms with Gasteiger partial charge in [0.2, 0.25) is 10.0 Å². The van der Waals surface area contributed by atoms with Gasteiger partial charge in [0.05, 0.1) is 7.11 Å². The van der Waals surface area contributed by atoms with E-state index in [-0.39, 0.29) is 27.6 Å². The number of hydrogen-bond acceptors (Lipinski definition) is 6. The summed E-state index contributed by atoms with van der Waals surface area (Å²) in [4.78, 5) is 12.3. The highest BCUT2D eigenvalue weighted by Gasteiger charge is 2.41. The van der Waals surface area contributed by atoms with Crippen molar-refractivity contribution in [2.24, 2.45) is 11.1 Å². The highest BCUT2D eigenvalue weighted by atomic mass is 35.5. The fourth-order valence-corrected chi connectivity index (χ4v) is 6.35. The van der Waals surface area contributed by atoms with Crippen LogP contribution in [0, 0.1) is 5.41 Å². The zero-order chi connectivity index (χ0) is 17.5. The number of nitrogens with two attached hydrogens (primary N) is 1. The Bertz CT molecular complexity index is 897. The van der Waals surface area contributed by atoms with Gasteiger partial charge in [-0.2, -0.15) is 4.31 Å². The van der Waals surface area contributed by atoms with E-state index in [0.717, 1.165) is 16.0 Å². The average molecular weight is 405 g/mol. The number of sulfonamides is 1. The van der Waals surface area contributed by atoms with Gasteiger partial charge in [0.25, 0.3) is 0 Å². The van der Waals surface area contributed by atoms with Crippen molar-refractivity contribution in [1.82, 2.24) is 4.31 Å². The molecule has 0 radical (unpaired) electrons. The van der Waals surface area contributed by atoms with Crippen LogP contribution in [0.15, 0.2) is 29.2 Å². The minimum Gasteiger partial charge on any atom is -0.465 e. The summed E-state index contributed by atoms with van der Waals surface area (Å²) in [6.07, 6.45) is 0.707. The van der Waals surface area contributed by atoms with E-state index in [1.165, 1.54) is 11.4 Å². The SMILES string of the molecule is COC(=O)c1sc2ccccc2c1S(=O)(=O)N1CCC(C)(CN)C1.Cl. The molecule has 138 valence electrons. The van der Waals surface area contributed by atoms with Crippen molar-refractivity contribution in [1.29, 1.82) is 0 Å². The molecule has 1 aromatic carbocycles. The number of carbonyl (C=O) groups excluding carboxylic acids is 1. The largest absolute Gasteiger partial charge is 0.465 e. The van der Waals surface area contributed by atoms with E-state index in [1.807, 2.05) is 13.0 Å².